The SMILES string of the molecule is BrC1=CCC(Br)=CC1. The average Bonchev–Trinajstić information content (AvgIpc) is 1.77. The van der Waals surface area contributed by atoms with Gasteiger partial charge in [-0.15, -0.1) is 0 Å². The first-order valence-corrected chi connectivity index (χ1v) is 4.06. The minimum absolute atomic E-state index is 1.04. The minimum atomic E-state index is 1.04. The van der Waals surface area contributed by atoms with Crippen LogP contribution in [-0.2, 0) is 0 Å². The molecule has 0 aromatic carbocycles. The monoisotopic (exact) mass is 236 g/mol. The lowest BCUT2D eigenvalue weighted by Crippen LogP contribution is -1.79. The van der Waals surface area contributed by atoms with Gasteiger partial charge in [-0.1, -0.05) is 44.0 Å². The van der Waals surface area contributed by atoms with Gasteiger partial charge in [0.15, 0.2) is 0 Å². The molecular formula is C6H6Br2. The van der Waals surface area contributed by atoms with Crippen molar-refractivity contribution in [3.05, 3.63) is 21.1 Å². The Hall–Kier alpha value is 0.440. The Morgan fingerprint density at radius 2 is 1.38 bits per heavy atom. The van der Waals surface area contributed by atoms with Crippen LogP contribution in [0.1, 0.15) is 12.8 Å². The molecule has 0 aromatic heterocycles. The van der Waals surface area contributed by atoms with Crippen LogP contribution >= 0.6 is 31.9 Å². The fourth-order valence-corrected chi connectivity index (χ4v) is 1.23. The van der Waals surface area contributed by atoms with Crippen LogP contribution in [-0.4, -0.2) is 0 Å². The number of hydrogen-bond acceptors (Lipinski definition) is 0. The summed E-state index contributed by atoms with van der Waals surface area (Å²) in [5, 5.41) is 0. The number of hydrogen-bond donors (Lipinski definition) is 0. The molecule has 0 aliphatic heterocycles. The Bertz CT molecular complexity index is 127. The zero-order valence-electron chi connectivity index (χ0n) is 4.32. The van der Waals surface area contributed by atoms with Crippen LogP contribution in [0.25, 0.3) is 0 Å². The molecule has 44 valence electrons. The second-order valence-corrected chi connectivity index (χ2v) is 3.75. The van der Waals surface area contributed by atoms with E-state index in [0.717, 1.165) is 12.8 Å². The lowest BCUT2D eigenvalue weighted by atomic mass is 10.2. The Morgan fingerprint density at radius 1 is 1.00 bits per heavy atom. The van der Waals surface area contributed by atoms with Crippen molar-refractivity contribution in [3.63, 3.8) is 0 Å². The molecule has 0 heterocycles. The molecular weight excluding hydrogens is 232 g/mol. The van der Waals surface area contributed by atoms with E-state index in [0.29, 0.717) is 0 Å². The molecule has 0 N–H and O–H groups in total. The molecule has 0 radical (unpaired) electrons. The summed E-state index contributed by atoms with van der Waals surface area (Å²) >= 11 is 6.82. The topological polar surface area (TPSA) is 0 Å². The minimum Gasteiger partial charge on any atom is -0.0691 e. The smallest absolute Gasteiger partial charge is 0.00230 e. The van der Waals surface area contributed by atoms with E-state index in [9.17, 15) is 0 Å². The summed E-state index contributed by atoms with van der Waals surface area (Å²) in [6.45, 7) is 0. The van der Waals surface area contributed by atoms with Crippen molar-refractivity contribution in [2.75, 3.05) is 0 Å². The van der Waals surface area contributed by atoms with Gasteiger partial charge in [-0.3, -0.25) is 0 Å². The van der Waals surface area contributed by atoms with Gasteiger partial charge in [0.25, 0.3) is 0 Å². The van der Waals surface area contributed by atoms with Crippen molar-refractivity contribution in [2.24, 2.45) is 0 Å². The van der Waals surface area contributed by atoms with Crippen LogP contribution in [0, 0.1) is 0 Å². The van der Waals surface area contributed by atoms with Gasteiger partial charge in [0.1, 0.15) is 0 Å². The first-order chi connectivity index (χ1) is 3.79. The third kappa shape index (κ3) is 1.75. The Balaban J connectivity index is 2.54. The normalized spacial score (nSPS) is 19.8. The molecule has 2 heteroatoms. The molecule has 1 aliphatic rings. The van der Waals surface area contributed by atoms with Crippen molar-refractivity contribution in [3.8, 4) is 0 Å². The van der Waals surface area contributed by atoms with Crippen molar-refractivity contribution < 1.29 is 0 Å². The first-order valence-electron chi connectivity index (χ1n) is 2.48. The van der Waals surface area contributed by atoms with Crippen LogP contribution in [0.3, 0.4) is 0 Å². The lowest BCUT2D eigenvalue weighted by molar-refractivity contribution is 1.20. The van der Waals surface area contributed by atoms with Crippen LogP contribution in [0.2, 0.25) is 0 Å². The van der Waals surface area contributed by atoms with Gasteiger partial charge in [0, 0.05) is 0 Å². The summed E-state index contributed by atoms with van der Waals surface area (Å²) in [5.74, 6) is 0. The highest BCUT2D eigenvalue weighted by Crippen LogP contribution is 2.24. The summed E-state index contributed by atoms with van der Waals surface area (Å²) in [7, 11) is 0. The lowest BCUT2D eigenvalue weighted by Gasteiger charge is -2.01. The van der Waals surface area contributed by atoms with Gasteiger partial charge in [0.05, 0.1) is 0 Å². The second kappa shape index (κ2) is 2.83. The van der Waals surface area contributed by atoms with E-state index in [1.807, 2.05) is 0 Å². The predicted molar refractivity (Wildman–Crippen MR) is 43.3 cm³/mol. The summed E-state index contributed by atoms with van der Waals surface area (Å²) < 4.78 is 2.58. The van der Waals surface area contributed by atoms with Crippen molar-refractivity contribution in [2.45, 2.75) is 12.8 Å². The van der Waals surface area contributed by atoms with E-state index < -0.39 is 0 Å². The summed E-state index contributed by atoms with van der Waals surface area (Å²) in [6.07, 6.45) is 6.43. The van der Waals surface area contributed by atoms with Crippen LogP contribution in [0.15, 0.2) is 21.1 Å². The second-order valence-electron chi connectivity index (χ2n) is 1.71. The van der Waals surface area contributed by atoms with E-state index >= 15 is 0 Å². The molecule has 0 bridgehead atoms. The van der Waals surface area contributed by atoms with Gasteiger partial charge in [-0.05, 0) is 21.8 Å². The number of halogens is 2. The van der Waals surface area contributed by atoms with Gasteiger partial charge in [-0.2, -0.15) is 0 Å². The molecule has 1 aliphatic carbocycles. The van der Waals surface area contributed by atoms with Crippen molar-refractivity contribution >= 4 is 31.9 Å². The van der Waals surface area contributed by atoms with E-state index in [-0.39, 0.29) is 0 Å². The molecule has 0 unspecified atom stereocenters. The molecule has 1 rings (SSSR count). The van der Waals surface area contributed by atoms with Crippen LogP contribution in [0.5, 0.6) is 0 Å². The summed E-state index contributed by atoms with van der Waals surface area (Å²) in [5.41, 5.74) is 0. The molecule has 0 atom stereocenters. The summed E-state index contributed by atoms with van der Waals surface area (Å²) in [4.78, 5) is 0. The maximum absolute atomic E-state index is 3.41. The largest absolute Gasteiger partial charge is 0.0691 e. The zero-order valence-corrected chi connectivity index (χ0v) is 7.50. The molecule has 0 fully saturated rings. The molecule has 0 spiro atoms. The fourth-order valence-electron chi connectivity index (χ4n) is 0.583. The fraction of sp³-hybridized carbons (Fsp3) is 0.333. The molecule has 8 heavy (non-hydrogen) atoms. The average molecular weight is 238 g/mol. The predicted octanol–water partition coefficient (Wildman–Crippen LogP) is 3.34. The first kappa shape index (κ1) is 6.56. The maximum atomic E-state index is 3.41. The highest BCUT2D eigenvalue weighted by atomic mass is 79.9. The van der Waals surface area contributed by atoms with Gasteiger partial charge in [0.2, 0.25) is 0 Å². The molecule has 0 saturated heterocycles. The van der Waals surface area contributed by atoms with Gasteiger partial charge >= 0.3 is 0 Å². The third-order valence-corrected chi connectivity index (χ3v) is 2.33. The van der Waals surface area contributed by atoms with E-state index in [4.69, 9.17) is 0 Å². The van der Waals surface area contributed by atoms with E-state index in [2.05, 4.69) is 44.0 Å². The van der Waals surface area contributed by atoms with Gasteiger partial charge < -0.3 is 0 Å². The highest BCUT2D eigenvalue weighted by Gasteiger charge is 1.97. The quantitative estimate of drug-likeness (QED) is 0.607. The molecule has 0 saturated carbocycles. The third-order valence-electron chi connectivity index (χ3n) is 1.04. The zero-order chi connectivity index (χ0) is 5.98. The van der Waals surface area contributed by atoms with Crippen molar-refractivity contribution in [1.29, 1.82) is 0 Å². The van der Waals surface area contributed by atoms with Crippen molar-refractivity contribution in [1.82, 2.24) is 0 Å². The summed E-state index contributed by atoms with van der Waals surface area (Å²) in [6, 6.07) is 0. The Labute approximate surface area is 65.9 Å². The maximum Gasteiger partial charge on any atom is -0.00230 e. The Kier molecular flexibility index (Phi) is 2.32. The standard InChI is InChI=1S/C6H6Br2/c7-5-1-2-6(8)4-3-5/h1,4H,2-3H2. The number of allylic oxidation sites excluding steroid dienone is 4. The van der Waals surface area contributed by atoms with E-state index in [1.165, 1.54) is 8.96 Å². The highest BCUT2D eigenvalue weighted by molar-refractivity contribution is 9.12. The number of rotatable bonds is 0. The van der Waals surface area contributed by atoms with Crippen LogP contribution in [0.4, 0.5) is 0 Å². The van der Waals surface area contributed by atoms with Crippen LogP contribution < -0.4 is 0 Å². The molecule has 0 nitrogen and oxygen atoms in total. The molecule has 0 amide bonds. The Morgan fingerprint density at radius 3 is 1.62 bits per heavy atom. The van der Waals surface area contributed by atoms with E-state index in [1.54, 1.807) is 0 Å². The molecule has 0 aromatic rings. The van der Waals surface area contributed by atoms with Gasteiger partial charge in [-0.25, -0.2) is 0 Å².